The van der Waals surface area contributed by atoms with Crippen molar-refractivity contribution in [3.63, 3.8) is 0 Å². The largest absolute Gasteiger partial charge is 0.481 e. The minimum absolute atomic E-state index is 0.270. The zero-order chi connectivity index (χ0) is 14.7. The van der Waals surface area contributed by atoms with Crippen LogP contribution in [0, 0.1) is 5.92 Å². The maximum atomic E-state index is 11.0. The number of hydrogen-bond donors (Lipinski definition) is 3. The van der Waals surface area contributed by atoms with Crippen molar-refractivity contribution < 1.29 is 9.90 Å². The summed E-state index contributed by atoms with van der Waals surface area (Å²) in [4.78, 5) is 21.3. The van der Waals surface area contributed by atoms with Gasteiger partial charge in [-0.2, -0.15) is 0 Å². The van der Waals surface area contributed by atoms with Crippen molar-refractivity contribution in [2.45, 2.75) is 12.8 Å². The molecule has 0 amide bonds. The molecule has 4 N–H and O–H groups in total. The summed E-state index contributed by atoms with van der Waals surface area (Å²) in [5.41, 5.74) is 9.58. The lowest BCUT2D eigenvalue weighted by Gasteiger charge is -2.32. The molecule has 1 fully saturated rings. The summed E-state index contributed by atoms with van der Waals surface area (Å²) in [5, 5.41) is 10.8. The van der Waals surface area contributed by atoms with Crippen molar-refractivity contribution in [1.29, 1.82) is 0 Å². The summed E-state index contributed by atoms with van der Waals surface area (Å²) in [5.74, 6) is 0.220. The molecular weight excluding hydrogens is 260 g/mol. The van der Waals surface area contributed by atoms with Crippen LogP contribution in [0.15, 0.2) is 6.33 Å². The number of aromatic nitrogens is 2. The molecule has 0 spiro atoms. The van der Waals surface area contributed by atoms with Gasteiger partial charge in [-0.05, 0) is 12.8 Å². The quantitative estimate of drug-likeness (QED) is 0.674. The van der Waals surface area contributed by atoms with Gasteiger partial charge < -0.3 is 21.2 Å². The molecule has 0 atom stereocenters. The topological polar surface area (TPSA) is 108 Å². The minimum atomic E-state index is -0.727. The van der Waals surface area contributed by atoms with Crippen molar-refractivity contribution in [2.24, 2.45) is 5.92 Å². The highest BCUT2D eigenvalue weighted by Crippen LogP contribution is 2.29. The van der Waals surface area contributed by atoms with E-state index in [4.69, 9.17) is 10.8 Å². The summed E-state index contributed by atoms with van der Waals surface area (Å²) in [7, 11) is 3.69. The Morgan fingerprint density at radius 1 is 1.45 bits per heavy atom. The van der Waals surface area contributed by atoms with E-state index in [1.165, 1.54) is 6.33 Å². The molecule has 2 heterocycles. The molecule has 110 valence electrons. The number of nitrogens with one attached hydrogen (secondary N) is 1. The van der Waals surface area contributed by atoms with Gasteiger partial charge in [0.2, 0.25) is 0 Å². The number of nitrogen functional groups attached to an aromatic ring is 1. The van der Waals surface area contributed by atoms with E-state index in [1.807, 2.05) is 19.0 Å². The first-order valence-electron chi connectivity index (χ1n) is 6.51. The molecule has 0 saturated carbocycles. The normalized spacial score (nSPS) is 16.4. The molecule has 0 bridgehead atoms. The molecule has 0 radical (unpaired) electrons. The van der Waals surface area contributed by atoms with Crippen LogP contribution in [-0.2, 0) is 4.79 Å². The number of nitrogens with zero attached hydrogens (tertiary/aromatic N) is 4. The molecule has 0 aliphatic carbocycles. The van der Waals surface area contributed by atoms with E-state index in [-0.39, 0.29) is 5.92 Å². The van der Waals surface area contributed by atoms with Crippen LogP contribution in [0.3, 0.4) is 0 Å². The summed E-state index contributed by atoms with van der Waals surface area (Å²) in [6, 6.07) is 0. The molecule has 8 nitrogen and oxygen atoms in total. The van der Waals surface area contributed by atoms with Crippen LogP contribution < -0.4 is 16.1 Å². The molecule has 0 unspecified atom stereocenters. The maximum Gasteiger partial charge on any atom is 0.306 e. The number of hydrogen-bond acceptors (Lipinski definition) is 7. The lowest BCUT2D eigenvalue weighted by molar-refractivity contribution is -0.142. The lowest BCUT2D eigenvalue weighted by atomic mass is 9.97. The van der Waals surface area contributed by atoms with Crippen LogP contribution in [0.2, 0.25) is 0 Å². The Morgan fingerprint density at radius 2 is 2.10 bits per heavy atom. The predicted molar refractivity (Wildman–Crippen MR) is 76.3 cm³/mol. The summed E-state index contributed by atoms with van der Waals surface area (Å²) < 4.78 is 0. The van der Waals surface area contributed by atoms with Gasteiger partial charge in [-0.3, -0.25) is 4.79 Å². The fraction of sp³-hybridized carbons (Fsp3) is 0.583. The Bertz CT molecular complexity index is 485. The first-order chi connectivity index (χ1) is 9.49. The Morgan fingerprint density at radius 3 is 2.65 bits per heavy atom. The molecule has 1 aromatic rings. The molecular formula is C12H20N6O2. The summed E-state index contributed by atoms with van der Waals surface area (Å²) in [6.07, 6.45) is 2.67. The van der Waals surface area contributed by atoms with Gasteiger partial charge in [0.15, 0.2) is 11.6 Å². The van der Waals surface area contributed by atoms with E-state index in [2.05, 4.69) is 15.4 Å². The van der Waals surface area contributed by atoms with Gasteiger partial charge in [0.05, 0.1) is 5.92 Å². The smallest absolute Gasteiger partial charge is 0.306 e. The highest BCUT2D eigenvalue weighted by molar-refractivity contribution is 5.75. The third-order valence-electron chi connectivity index (χ3n) is 3.34. The SMILES string of the molecule is CN(C)Nc1ncnc(N2CCC(C(=O)O)CC2)c1N. The number of anilines is 3. The number of carboxylic acids is 1. The molecule has 0 aromatic carbocycles. The zero-order valence-corrected chi connectivity index (χ0v) is 11.7. The minimum Gasteiger partial charge on any atom is -0.481 e. The van der Waals surface area contributed by atoms with Crippen molar-refractivity contribution in [1.82, 2.24) is 15.0 Å². The number of hydrazine groups is 1. The highest BCUT2D eigenvalue weighted by Gasteiger charge is 2.26. The van der Waals surface area contributed by atoms with Gasteiger partial charge in [0.1, 0.15) is 12.0 Å². The monoisotopic (exact) mass is 280 g/mol. The number of carbonyl (C=O) groups is 1. The molecule has 8 heteroatoms. The number of piperidine rings is 1. The van der Waals surface area contributed by atoms with Gasteiger partial charge in [0.25, 0.3) is 0 Å². The van der Waals surface area contributed by atoms with Crippen LogP contribution in [0.25, 0.3) is 0 Å². The average molecular weight is 280 g/mol. The molecule has 1 aromatic heterocycles. The summed E-state index contributed by atoms with van der Waals surface area (Å²) >= 11 is 0. The predicted octanol–water partition coefficient (Wildman–Crippen LogP) is 0.248. The van der Waals surface area contributed by atoms with Crippen LogP contribution in [0.5, 0.6) is 0 Å². The Labute approximate surface area is 117 Å². The Kier molecular flexibility index (Phi) is 4.23. The zero-order valence-electron chi connectivity index (χ0n) is 11.7. The summed E-state index contributed by atoms with van der Waals surface area (Å²) in [6.45, 7) is 1.28. The van der Waals surface area contributed by atoms with E-state index in [0.717, 1.165) is 0 Å². The number of aliphatic carboxylic acids is 1. The standard InChI is InChI=1S/C12H20N6O2/c1-17(2)16-10-9(13)11(15-7-14-10)18-5-3-8(4-6-18)12(19)20/h7-8H,3-6,13H2,1-2H3,(H,19,20)(H,14,15,16). The maximum absolute atomic E-state index is 11.0. The fourth-order valence-corrected chi connectivity index (χ4v) is 2.28. The second-order valence-electron chi connectivity index (χ2n) is 5.07. The highest BCUT2D eigenvalue weighted by atomic mass is 16.4. The number of rotatable bonds is 4. The van der Waals surface area contributed by atoms with Crippen LogP contribution >= 0.6 is 0 Å². The molecule has 1 aliphatic heterocycles. The average Bonchev–Trinajstić information content (AvgIpc) is 2.41. The van der Waals surface area contributed by atoms with Crippen LogP contribution in [-0.4, -0.2) is 53.2 Å². The van der Waals surface area contributed by atoms with Crippen molar-refractivity contribution in [2.75, 3.05) is 43.2 Å². The van der Waals surface area contributed by atoms with E-state index in [0.29, 0.717) is 43.3 Å². The Hall–Kier alpha value is -2.09. The first-order valence-corrected chi connectivity index (χ1v) is 6.51. The third-order valence-corrected chi connectivity index (χ3v) is 3.34. The second kappa shape index (κ2) is 5.91. The van der Waals surface area contributed by atoms with Crippen molar-refractivity contribution >= 4 is 23.3 Å². The van der Waals surface area contributed by atoms with Gasteiger partial charge in [-0.25, -0.2) is 15.0 Å². The van der Waals surface area contributed by atoms with Crippen molar-refractivity contribution in [3.05, 3.63) is 6.33 Å². The molecule has 1 saturated heterocycles. The molecule has 1 aliphatic rings. The van der Waals surface area contributed by atoms with E-state index in [1.54, 1.807) is 5.01 Å². The van der Waals surface area contributed by atoms with E-state index in [9.17, 15) is 4.79 Å². The van der Waals surface area contributed by atoms with Gasteiger partial charge in [-0.15, -0.1) is 0 Å². The second-order valence-corrected chi connectivity index (χ2v) is 5.07. The van der Waals surface area contributed by atoms with Crippen LogP contribution in [0.4, 0.5) is 17.3 Å². The Balaban J connectivity index is 2.12. The fourth-order valence-electron chi connectivity index (χ4n) is 2.28. The van der Waals surface area contributed by atoms with E-state index < -0.39 is 5.97 Å². The molecule has 2 rings (SSSR count). The molecule has 20 heavy (non-hydrogen) atoms. The van der Waals surface area contributed by atoms with E-state index >= 15 is 0 Å². The lowest BCUT2D eigenvalue weighted by Crippen LogP contribution is -2.37. The third kappa shape index (κ3) is 3.08. The number of nitrogens with two attached hydrogens (primary N) is 1. The van der Waals surface area contributed by atoms with Crippen LogP contribution in [0.1, 0.15) is 12.8 Å². The van der Waals surface area contributed by atoms with Crippen molar-refractivity contribution in [3.8, 4) is 0 Å². The number of carboxylic acid groups (broad SMARTS) is 1. The van der Waals surface area contributed by atoms with Gasteiger partial charge >= 0.3 is 5.97 Å². The van der Waals surface area contributed by atoms with Gasteiger partial charge in [-0.1, -0.05) is 0 Å². The first kappa shape index (κ1) is 14.3. The van der Waals surface area contributed by atoms with Gasteiger partial charge in [0, 0.05) is 27.2 Å².